The molecule has 1 amide bonds. The molecule has 2 aromatic rings. The first-order valence-corrected chi connectivity index (χ1v) is 15.9. The molecule has 45 heavy (non-hydrogen) atoms. The van der Waals surface area contributed by atoms with E-state index < -0.39 is 17.9 Å². The molecule has 1 saturated heterocycles. The molecule has 0 aromatic heterocycles. The number of carbonyl (C=O) groups excluding carboxylic acids is 1. The third kappa shape index (κ3) is 7.87. The van der Waals surface area contributed by atoms with Crippen LogP contribution >= 0.6 is 23.2 Å². The average Bonchev–Trinajstić information content (AvgIpc) is 3.54. The van der Waals surface area contributed by atoms with Gasteiger partial charge < -0.3 is 25.7 Å². The molecule has 2 aromatic carbocycles. The maximum Gasteiger partial charge on any atom is 0.334 e. The summed E-state index contributed by atoms with van der Waals surface area (Å²) < 4.78 is 0. The van der Waals surface area contributed by atoms with Gasteiger partial charge in [-0.3, -0.25) is 14.7 Å². The third-order valence-electron chi connectivity index (χ3n) is 8.47. The Bertz CT molecular complexity index is 1510. The van der Waals surface area contributed by atoms with Crippen LogP contribution in [0.4, 0.5) is 0 Å². The standard InChI is InChI=1S/C33H37Cl2N5O5/c34-22-8-4-9-23(35)28(22)31-29(32(42)43)24(12-11-21-6-2-1-3-7-21)38-25(30(31)33(44)45)20-27(41)40-18-16-39(17-19-40)15-5-10-26-36-13-14-37-26/h1-4,6-9,31,38H,5,10-20H2,(H,36,37)(H,42,43)(H,44,45). The monoisotopic (exact) mass is 653 g/mol. The van der Waals surface area contributed by atoms with Crippen LogP contribution in [0.3, 0.4) is 0 Å². The molecule has 3 aliphatic rings. The average molecular weight is 655 g/mol. The minimum atomic E-state index is -1.35. The van der Waals surface area contributed by atoms with E-state index in [-0.39, 0.29) is 51.2 Å². The summed E-state index contributed by atoms with van der Waals surface area (Å²) >= 11 is 13.1. The van der Waals surface area contributed by atoms with Crippen molar-refractivity contribution in [1.82, 2.24) is 20.4 Å². The van der Waals surface area contributed by atoms with Crippen LogP contribution in [0.2, 0.25) is 10.0 Å². The molecule has 0 spiro atoms. The molecule has 238 valence electrons. The number of halogens is 2. The van der Waals surface area contributed by atoms with Crippen LogP contribution in [0.25, 0.3) is 0 Å². The summed E-state index contributed by atoms with van der Waals surface area (Å²) in [5.74, 6) is -3.09. The first-order valence-electron chi connectivity index (χ1n) is 15.2. The topological polar surface area (TPSA) is 135 Å². The second-order valence-electron chi connectivity index (χ2n) is 11.3. The highest BCUT2D eigenvalue weighted by molar-refractivity contribution is 6.36. The number of dihydropyridines is 1. The van der Waals surface area contributed by atoms with Crippen LogP contribution in [-0.2, 0) is 20.8 Å². The Kier molecular flexibility index (Phi) is 10.8. The minimum Gasteiger partial charge on any atom is -0.478 e. The van der Waals surface area contributed by atoms with E-state index in [0.717, 1.165) is 43.9 Å². The fourth-order valence-corrected chi connectivity index (χ4v) is 6.82. The largest absolute Gasteiger partial charge is 0.478 e. The molecule has 0 saturated carbocycles. The summed E-state index contributed by atoms with van der Waals surface area (Å²) in [7, 11) is 0. The first kappa shape index (κ1) is 32.5. The van der Waals surface area contributed by atoms with Gasteiger partial charge in [-0.25, -0.2) is 9.59 Å². The van der Waals surface area contributed by atoms with Crippen LogP contribution in [0.1, 0.15) is 42.7 Å². The summed E-state index contributed by atoms with van der Waals surface area (Å²) in [6.45, 7) is 5.11. The number of hydrogen-bond acceptors (Lipinski definition) is 7. The zero-order valence-corrected chi connectivity index (χ0v) is 26.4. The normalized spacial score (nSPS) is 18.8. The van der Waals surface area contributed by atoms with Crippen molar-refractivity contribution in [1.29, 1.82) is 0 Å². The number of rotatable bonds is 12. The number of aliphatic imine (C=N–C) groups is 1. The van der Waals surface area contributed by atoms with E-state index in [1.165, 1.54) is 0 Å². The van der Waals surface area contributed by atoms with Crippen molar-refractivity contribution in [2.24, 2.45) is 4.99 Å². The van der Waals surface area contributed by atoms with Crippen LogP contribution < -0.4 is 10.6 Å². The number of hydrogen-bond donors (Lipinski definition) is 4. The maximum atomic E-state index is 13.6. The zero-order chi connectivity index (χ0) is 31.9. The van der Waals surface area contributed by atoms with Gasteiger partial charge in [0.2, 0.25) is 5.91 Å². The van der Waals surface area contributed by atoms with E-state index in [4.69, 9.17) is 23.2 Å². The second-order valence-corrected chi connectivity index (χ2v) is 12.1. The molecule has 1 unspecified atom stereocenters. The van der Waals surface area contributed by atoms with E-state index in [0.29, 0.717) is 38.3 Å². The zero-order valence-electron chi connectivity index (χ0n) is 24.9. The number of aliphatic carboxylic acids is 2. The Morgan fingerprint density at radius 3 is 2.13 bits per heavy atom. The van der Waals surface area contributed by atoms with Crippen molar-refractivity contribution in [3.05, 3.63) is 92.2 Å². The number of nitrogens with zero attached hydrogens (tertiary/aromatic N) is 3. The second kappa shape index (κ2) is 14.9. The maximum absolute atomic E-state index is 13.6. The Hall–Kier alpha value is -3.86. The summed E-state index contributed by atoms with van der Waals surface area (Å²) in [5, 5.41) is 27.6. The molecule has 3 heterocycles. The Morgan fingerprint density at radius 1 is 0.844 bits per heavy atom. The third-order valence-corrected chi connectivity index (χ3v) is 9.13. The number of benzene rings is 2. The fourth-order valence-electron chi connectivity index (χ4n) is 6.21. The molecule has 4 N–H and O–H groups in total. The van der Waals surface area contributed by atoms with Crippen molar-refractivity contribution in [2.75, 3.05) is 45.8 Å². The molecule has 10 nitrogen and oxygen atoms in total. The van der Waals surface area contributed by atoms with Crippen LogP contribution in [-0.4, -0.2) is 89.5 Å². The van der Waals surface area contributed by atoms with Gasteiger partial charge >= 0.3 is 11.9 Å². The molecule has 3 aliphatic heterocycles. The highest BCUT2D eigenvalue weighted by Gasteiger charge is 2.41. The van der Waals surface area contributed by atoms with Crippen molar-refractivity contribution >= 4 is 46.9 Å². The first-order chi connectivity index (χ1) is 21.7. The lowest BCUT2D eigenvalue weighted by Gasteiger charge is -2.36. The van der Waals surface area contributed by atoms with Crippen molar-refractivity contribution in [3.8, 4) is 0 Å². The SMILES string of the molecule is O=C(O)C1=C(CCc2ccccc2)NC(CC(=O)N2CCN(CCCC3=NCCN3)CC2)=C(C(=O)O)C1c1c(Cl)cccc1Cl. The molecular weight excluding hydrogens is 617 g/mol. The van der Waals surface area contributed by atoms with Gasteiger partial charge in [0.25, 0.3) is 0 Å². The number of carbonyl (C=O) groups is 3. The smallest absolute Gasteiger partial charge is 0.334 e. The lowest BCUT2D eigenvalue weighted by molar-refractivity contribution is -0.133. The fraction of sp³-hybridized carbons (Fsp3) is 0.394. The van der Waals surface area contributed by atoms with Gasteiger partial charge in [-0.05, 0) is 43.5 Å². The van der Waals surface area contributed by atoms with Gasteiger partial charge in [-0.15, -0.1) is 0 Å². The quantitative estimate of drug-likeness (QED) is 0.266. The van der Waals surface area contributed by atoms with Gasteiger partial charge in [0, 0.05) is 66.1 Å². The molecule has 0 radical (unpaired) electrons. The van der Waals surface area contributed by atoms with Crippen LogP contribution in [0.15, 0.2) is 76.1 Å². The lowest BCUT2D eigenvalue weighted by atomic mass is 9.78. The van der Waals surface area contributed by atoms with E-state index in [9.17, 15) is 24.6 Å². The number of allylic oxidation sites excluding steroid dienone is 1. The number of amidine groups is 1. The molecule has 5 rings (SSSR count). The van der Waals surface area contributed by atoms with Crippen molar-refractivity contribution in [2.45, 2.75) is 38.0 Å². The summed E-state index contributed by atoms with van der Waals surface area (Å²) in [6, 6.07) is 14.3. The van der Waals surface area contributed by atoms with Crippen molar-refractivity contribution in [3.63, 3.8) is 0 Å². The van der Waals surface area contributed by atoms with Gasteiger partial charge in [0.05, 0.1) is 35.9 Å². The molecule has 1 atom stereocenters. The highest BCUT2D eigenvalue weighted by atomic mass is 35.5. The number of nitrogens with one attached hydrogen (secondary N) is 2. The van der Waals surface area contributed by atoms with E-state index >= 15 is 0 Å². The number of amides is 1. The van der Waals surface area contributed by atoms with Crippen LogP contribution in [0, 0.1) is 0 Å². The minimum absolute atomic E-state index is 0.145. The summed E-state index contributed by atoms with van der Waals surface area (Å²) in [4.78, 5) is 47.8. The van der Waals surface area contributed by atoms with Gasteiger partial charge in [0.1, 0.15) is 0 Å². The van der Waals surface area contributed by atoms with E-state index in [1.807, 2.05) is 30.3 Å². The summed E-state index contributed by atoms with van der Waals surface area (Å²) in [6.07, 6.45) is 2.43. The van der Waals surface area contributed by atoms with Crippen molar-refractivity contribution < 1.29 is 24.6 Å². The predicted molar refractivity (Wildman–Crippen MR) is 174 cm³/mol. The molecule has 12 heteroatoms. The highest BCUT2D eigenvalue weighted by Crippen LogP contribution is 2.45. The predicted octanol–water partition coefficient (Wildman–Crippen LogP) is 4.31. The molecule has 1 fully saturated rings. The molecular formula is C33H37Cl2N5O5. The van der Waals surface area contributed by atoms with E-state index in [1.54, 1.807) is 23.1 Å². The number of piperazine rings is 1. The molecule has 0 aliphatic carbocycles. The number of carboxylic acids is 2. The number of aryl methyl sites for hydroxylation is 1. The Balaban J connectivity index is 1.39. The number of carboxylic acid groups (broad SMARTS) is 2. The molecule has 0 bridgehead atoms. The summed E-state index contributed by atoms with van der Waals surface area (Å²) in [5.41, 5.74) is 1.25. The Morgan fingerprint density at radius 2 is 1.51 bits per heavy atom. The van der Waals surface area contributed by atoms with Gasteiger partial charge in [0.15, 0.2) is 0 Å². The van der Waals surface area contributed by atoms with Gasteiger partial charge in [-0.2, -0.15) is 0 Å². The lowest BCUT2D eigenvalue weighted by Crippen LogP contribution is -2.49. The van der Waals surface area contributed by atoms with Gasteiger partial charge in [-0.1, -0.05) is 59.6 Å². The van der Waals surface area contributed by atoms with Crippen LogP contribution in [0.5, 0.6) is 0 Å². The van der Waals surface area contributed by atoms with E-state index in [2.05, 4.69) is 20.5 Å². The Labute approximate surface area is 272 Å².